The van der Waals surface area contributed by atoms with E-state index in [9.17, 15) is 25.9 Å². The van der Waals surface area contributed by atoms with E-state index in [1.54, 1.807) is 13.8 Å². The monoisotopic (exact) mass is 372 g/mol. The first-order valence-corrected chi connectivity index (χ1v) is 9.46. The quantitative estimate of drug-likeness (QED) is 0.467. The highest BCUT2D eigenvalue weighted by atomic mass is 32.2. The first kappa shape index (κ1) is 18.2. The molecular formula is C14H16N2O6S2. The summed E-state index contributed by atoms with van der Waals surface area (Å²) in [7, 11) is -9.39. The van der Waals surface area contributed by atoms with Gasteiger partial charge in [-0.2, -0.15) is 16.8 Å². The summed E-state index contributed by atoms with van der Waals surface area (Å²) in [6.45, 7) is 3.17. The molecule has 0 heterocycles. The molecule has 8 nitrogen and oxygen atoms in total. The Morgan fingerprint density at radius 3 is 1.25 bits per heavy atom. The molecule has 10 heteroatoms. The zero-order chi connectivity index (χ0) is 18.4. The van der Waals surface area contributed by atoms with Crippen molar-refractivity contribution in [2.45, 2.75) is 23.6 Å². The van der Waals surface area contributed by atoms with Crippen LogP contribution in [0.15, 0.2) is 34.1 Å². The van der Waals surface area contributed by atoms with Gasteiger partial charge in [0.1, 0.15) is 9.79 Å². The van der Waals surface area contributed by atoms with Crippen LogP contribution in [0.4, 0.5) is 11.4 Å². The number of rotatable bonds is 3. The van der Waals surface area contributed by atoms with Gasteiger partial charge in [0.25, 0.3) is 20.2 Å². The number of hydrogen-bond acceptors (Lipinski definition) is 6. The van der Waals surface area contributed by atoms with E-state index in [0.29, 0.717) is 11.1 Å². The number of hydrogen-bond donors (Lipinski definition) is 4. The van der Waals surface area contributed by atoms with Gasteiger partial charge in [-0.3, -0.25) is 9.11 Å². The molecule has 0 fully saturated rings. The second-order valence-corrected chi connectivity index (χ2v) is 8.14. The molecule has 0 radical (unpaired) electrons. The SMILES string of the molecule is Cc1cc(-c2cc(C)c(N)cc2S(=O)(=O)O)c(S(=O)(=O)O)cc1N. The summed E-state index contributed by atoms with van der Waals surface area (Å²) >= 11 is 0. The van der Waals surface area contributed by atoms with Crippen molar-refractivity contribution < 1.29 is 25.9 Å². The maximum atomic E-state index is 11.7. The summed E-state index contributed by atoms with van der Waals surface area (Å²) in [6.07, 6.45) is 0. The normalized spacial score (nSPS) is 12.3. The fourth-order valence-electron chi connectivity index (χ4n) is 2.26. The van der Waals surface area contributed by atoms with Crippen LogP contribution in [0, 0.1) is 13.8 Å². The van der Waals surface area contributed by atoms with Crippen LogP contribution in [-0.2, 0) is 20.2 Å². The number of benzene rings is 2. The van der Waals surface area contributed by atoms with Crippen molar-refractivity contribution in [2.75, 3.05) is 11.5 Å². The molecule has 0 saturated carbocycles. The van der Waals surface area contributed by atoms with Crippen molar-refractivity contribution in [1.82, 2.24) is 0 Å². The molecule has 0 unspecified atom stereocenters. The van der Waals surface area contributed by atoms with Crippen LogP contribution in [0.1, 0.15) is 11.1 Å². The lowest BCUT2D eigenvalue weighted by Gasteiger charge is -2.15. The molecule has 6 N–H and O–H groups in total. The van der Waals surface area contributed by atoms with Crippen LogP contribution in [0.3, 0.4) is 0 Å². The van der Waals surface area contributed by atoms with Gasteiger partial charge in [0.05, 0.1) is 0 Å². The average Bonchev–Trinajstić information content (AvgIpc) is 2.41. The number of aryl methyl sites for hydroxylation is 2. The topological polar surface area (TPSA) is 161 Å². The zero-order valence-corrected chi connectivity index (χ0v) is 14.4. The summed E-state index contributed by atoms with van der Waals surface area (Å²) in [6, 6.07) is 4.69. The van der Waals surface area contributed by atoms with Crippen molar-refractivity contribution in [3.8, 4) is 11.1 Å². The van der Waals surface area contributed by atoms with Crippen LogP contribution < -0.4 is 11.5 Å². The van der Waals surface area contributed by atoms with Gasteiger partial charge in [-0.05, 0) is 49.2 Å². The predicted octanol–water partition coefficient (Wildman–Crippen LogP) is 1.63. The molecule has 0 bridgehead atoms. The van der Waals surface area contributed by atoms with Crippen LogP contribution in [-0.4, -0.2) is 25.9 Å². The van der Waals surface area contributed by atoms with Crippen molar-refractivity contribution in [1.29, 1.82) is 0 Å². The van der Waals surface area contributed by atoms with Gasteiger partial charge in [-0.25, -0.2) is 0 Å². The third-order valence-electron chi connectivity index (χ3n) is 3.58. The van der Waals surface area contributed by atoms with Gasteiger partial charge >= 0.3 is 0 Å². The third-order valence-corrected chi connectivity index (χ3v) is 5.37. The van der Waals surface area contributed by atoms with E-state index in [-0.39, 0.29) is 22.5 Å². The first-order valence-electron chi connectivity index (χ1n) is 6.58. The van der Waals surface area contributed by atoms with Crippen molar-refractivity contribution in [3.63, 3.8) is 0 Å². The van der Waals surface area contributed by atoms with E-state index in [4.69, 9.17) is 11.5 Å². The van der Waals surface area contributed by atoms with Gasteiger partial charge in [0.15, 0.2) is 0 Å². The fourth-order valence-corrected chi connectivity index (χ4v) is 3.70. The second-order valence-electron chi connectivity index (χ2n) is 5.36. The smallest absolute Gasteiger partial charge is 0.295 e. The molecule has 0 spiro atoms. The van der Waals surface area contributed by atoms with E-state index in [1.807, 2.05) is 0 Å². The predicted molar refractivity (Wildman–Crippen MR) is 89.8 cm³/mol. The van der Waals surface area contributed by atoms with Crippen LogP contribution >= 0.6 is 0 Å². The van der Waals surface area contributed by atoms with Gasteiger partial charge in [0.2, 0.25) is 0 Å². The highest BCUT2D eigenvalue weighted by molar-refractivity contribution is 7.86. The van der Waals surface area contributed by atoms with Crippen molar-refractivity contribution in [2.24, 2.45) is 0 Å². The Kier molecular flexibility index (Phi) is 4.35. The van der Waals surface area contributed by atoms with Crippen LogP contribution in [0.25, 0.3) is 11.1 Å². The van der Waals surface area contributed by atoms with Gasteiger partial charge in [-0.1, -0.05) is 0 Å². The van der Waals surface area contributed by atoms with Gasteiger partial charge in [-0.15, -0.1) is 0 Å². The van der Waals surface area contributed by atoms with Gasteiger partial charge in [0, 0.05) is 22.5 Å². The molecule has 2 aromatic carbocycles. The Morgan fingerprint density at radius 2 is 1.00 bits per heavy atom. The van der Waals surface area contributed by atoms with E-state index in [1.165, 1.54) is 12.1 Å². The first-order chi connectivity index (χ1) is 10.8. The lowest BCUT2D eigenvalue weighted by molar-refractivity contribution is 0.480. The largest absolute Gasteiger partial charge is 0.398 e. The highest BCUT2D eigenvalue weighted by Crippen LogP contribution is 2.37. The maximum absolute atomic E-state index is 11.7. The van der Waals surface area contributed by atoms with E-state index in [2.05, 4.69) is 0 Å². The van der Waals surface area contributed by atoms with E-state index in [0.717, 1.165) is 12.1 Å². The molecule has 0 aromatic heterocycles. The minimum atomic E-state index is -4.69. The molecule has 0 aliphatic carbocycles. The molecule has 0 aliphatic rings. The second kappa shape index (κ2) is 5.74. The Labute approximate surface area is 139 Å². The Morgan fingerprint density at radius 1 is 0.708 bits per heavy atom. The maximum Gasteiger partial charge on any atom is 0.295 e. The van der Waals surface area contributed by atoms with Crippen LogP contribution in [0.5, 0.6) is 0 Å². The lowest BCUT2D eigenvalue weighted by atomic mass is 10.00. The summed E-state index contributed by atoms with van der Waals surface area (Å²) in [5.74, 6) is 0. The van der Waals surface area contributed by atoms with E-state index < -0.39 is 30.0 Å². The molecule has 0 amide bonds. The van der Waals surface area contributed by atoms with Crippen molar-refractivity contribution in [3.05, 3.63) is 35.4 Å². The molecule has 130 valence electrons. The molecule has 2 rings (SSSR count). The average molecular weight is 372 g/mol. The molecule has 2 aromatic rings. The Bertz CT molecular complexity index is 958. The zero-order valence-electron chi connectivity index (χ0n) is 12.8. The molecule has 24 heavy (non-hydrogen) atoms. The molecular weight excluding hydrogens is 356 g/mol. The summed E-state index contributed by atoms with van der Waals surface area (Å²) in [5.41, 5.74) is 12.3. The van der Waals surface area contributed by atoms with E-state index >= 15 is 0 Å². The third kappa shape index (κ3) is 3.36. The Balaban J connectivity index is 3.02. The Hall–Kier alpha value is -2.14. The van der Waals surface area contributed by atoms with Gasteiger partial charge < -0.3 is 11.5 Å². The highest BCUT2D eigenvalue weighted by Gasteiger charge is 2.25. The standard InChI is InChI=1S/C14H16N2O6S2/c1-7-3-9(13(5-11(7)15)23(17,18)19)10-4-8(2)12(16)6-14(10)24(20,21)22/h3-6H,15-16H2,1-2H3,(H,17,18,19)(H,20,21,22). The molecule has 0 atom stereocenters. The number of anilines is 2. The summed E-state index contributed by atoms with van der Waals surface area (Å²) < 4.78 is 65.6. The number of nitrogens with two attached hydrogens (primary N) is 2. The van der Waals surface area contributed by atoms with Crippen molar-refractivity contribution >= 4 is 31.6 Å². The number of nitrogen functional groups attached to an aromatic ring is 2. The molecule has 0 aliphatic heterocycles. The minimum absolute atomic E-state index is 0.104. The fraction of sp³-hybridized carbons (Fsp3) is 0.143. The molecule has 0 saturated heterocycles. The minimum Gasteiger partial charge on any atom is -0.398 e. The lowest BCUT2D eigenvalue weighted by Crippen LogP contribution is -2.08. The summed E-state index contributed by atoms with van der Waals surface area (Å²) in [5, 5.41) is 0. The van der Waals surface area contributed by atoms with Crippen LogP contribution in [0.2, 0.25) is 0 Å². The summed E-state index contributed by atoms with van der Waals surface area (Å²) in [4.78, 5) is -1.14.